The topological polar surface area (TPSA) is 75.4 Å². The number of hydrogen-bond acceptors (Lipinski definition) is 3. The Morgan fingerprint density at radius 1 is 1.53 bits per heavy atom. The monoisotopic (exact) mass is 236 g/mol. The number of aliphatic hydroxyl groups excluding tert-OH is 1. The van der Waals surface area contributed by atoms with Crippen LogP contribution < -0.4 is 11.1 Å². The summed E-state index contributed by atoms with van der Waals surface area (Å²) in [5.74, 6) is -0.0856. The van der Waals surface area contributed by atoms with Crippen molar-refractivity contribution in [1.82, 2.24) is 0 Å². The molecule has 0 fully saturated rings. The Kier molecular flexibility index (Phi) is 4.66. The van der Waals surface area contributed by atoms with Crippen molar-refractivity contribution < 1.29 is 9.90 Å². The van der Waals surface area contributed by atoms with Crippen LogP contribution in [0.15, 0.2) is 24.3 Å². The van der Waals surface area contributed by atoms with Crippen LogP contribution >= 0.6 is 0 Å². The summed E-state index contributed by atoms with van der Waals surface area (Å²) in [5.41, 5.74) is 6.54. The predicted molar refractivity (Wildman–Crippen MR) is 68.4 cm³/mol. The van der Waals surface area contributed by atoms with E-state index < -0.39 is 5.41 Å². The van der Waals surface area contributed by atoms with E-state index in [1.54, 1.807) is 24.3 Å². The average Bonchev–Trinajstić information content (AvgIpc) is 2.37. The average molecular weight is 236 g/mol. The van der Waals surface area contributed by atoms with Crippen LogP contribution in [0.1, 0.15) is 25.8 Å². The minimum absolute atomic E-state index is 0.0361. The van der Waals surface area contributed by atoms with E-state index in [0.717, 1.165) is 5.56 Å². The molecule has 0 aliphatic heterocycles. The van der Waals surface area contributed by atoms with Gasteiger partial charge in [0.2, 0.25) is 5.91 Å². The van der Waals surface area contributed by atoms with Gasteiger partial charge < -0.3 is 16.2 Å². The Morgan fingerprint density at radius 2 is 2.24 bits per heavy atom. The van der Waals surface area contributed by atoms with Crippen molar-refractivity contribution >= 4 is 11.6 Å². The fourth-order valence-corrected chi connectivity index (χ4v) is 1.43. The highest BCUT2D eigenvalue weighted by atomic mass is 16.3. The fraction of sp³-hybridized carbons (Fsp3) is 0.462. The van der Waals surface area contributed by atoms with E-state index in [1.165, 1.54) is 0 Å². The van der Waals surface area contributed by atoms with Crippen molar-refractivity contribution in [3.05, 3.63) is 29.8 Å². The first kappa shape index (κ1) is 13.7. The number of hydrogen-bond donors (Lipinski definition) is 3. The van der Waals surface area contributed by atoms with Crippen molar-refractivity contribution in [3.63, 3.8) is 0 Å². The first-order chi connectivity index (χ1) is 8.05. The summed E-state index contributed by atoms with van der Waals surface area (Å²) in [6, 6.07) is 7.15. The molecule has 1 amide bonds. The second-order valence-corrected chi connectivity index (χ2v) is 4.43. The number of anilines is 1. The van der Waals surface area contributed by atoms with Crippen LogP contribution in [0.2, 0.25) is 0 Å². The molecule has 0 aromatic heterocycles. The molecule has 94 valence electrons. The molecule has 4 N–H and O–H groups in total. The van der Waals surface area contributed by atoms with Crippen molar-refractivity contribution in [3.8, 4) is 0 Å². The Morgan fingerprint density at radius 3 is 2.76 bits per heavy atom. The van der Waals surface area contributed by atoms with Crippen LogP contribution in [0.4, 0.5) is 5.69 Å². The zero-order valence-corrected chi connectivity index (χ0v) is 10.4. The van der Waals surface area contributed by atoms with E-state index in [2.05, 4.69) is 5.32 Å². The van der Waals surface area contributed by atoms with Crippen LogP contribution in [0, 0.1) is 5.41 Å². The molecule has 4 nitrogen and oxygen atoms in total. The van der Waals surface area contributed by atoms with Crippen molar-refractivity contribution in [2.45, 2.75) is 26.9 Å². The smallest absolute Gasteiger partial charge is 0.231 e. The normalized spacial score (nSPS) is 14.1. The van der Waals surface area contributed by atoms with Gasteiger partial charge in [-0.3, -0.25) is 4.79 Å². The third kappa shape index (κ3) is 3.28. The second-order valence-electron chi connectivity index (χ2n) is 4.43. The summed E-state index contributed by atoms with van der Waals surface area (Å²) in [6.45, 7) is 4.06. The van der Waals surface area contributed by atoms with Gasteiger partial charge in [0.1, 0.15) is 0 Å². The molecular formula is C13H20N2O2. The molecule has 0 saturated carbocycles. The van der Waals surface area contributed by atoms with Crippen LogP contribution in [0.25, 0.3) is 0 Å². The van der Waals surface area contributed by atoms with Gasteiger partial charge in [0.15, 0.2) is 0 Å². The molecule has 0 bridgehead atoms. The lowest BCUT2D eigenvalue weighted by molar-refractivity contribution is -0.124. The molecule has 0 heterocycles. The standard InChI is InChI=1S/C13H20N2O2/c1-3-13(2,9-14)12(17)15-11-6-4-5-10(7-11)8-16/h4-7,16H,3,8-9,14H2,1-2H3,(H,15,17). The van der Waals surface area contributed by atoms with Gasteiger partial charge in [-0.15, -0.1) is 0 Å². The van der Waals surface area contributed by atoms with Crippen molar-refractivity contribution in [2.24, 2.45) is 11.1 Å². The summed E-state index contributed by atoms with van der Waals surface area (Å²) >= 11 is 0. The number of aliphatic hydroxyl groups is 1. The maximum Gasteiger partial charge on any atom is 0.231 e. The maximum absolute atomic E-state index is 12.0. The predicted octanol–water partition coefficient (Wildman–Crippen LogP) is 1.49. The molecule has 0 radical (unpaired) electrons. The van der Waals surface area contributed by atoms with Crippen molar-refractivity contribution in [2.75, 3.05) is 11.9 Å². The number of nitrogens with two attached hydrogens (primary N) is 1. The van der Waals surface area contributed by atoms with Gasteiger partial charge in [0.05, 0.1) is 12.0 Å². The minimum atomic E-state index is -0.546. The number of amides is 1. The van der Waals surface area contributed by atoms with Gasteiger partial charge in [-0.2, -0.15) is 0 Å². The summed E-state index contributed by atoms with van der Waals surface area (Å²) in [7, 11) is 0. The first-order valence-corrected chi connectivity index (χ1v) is 5.77. The summed E-state index contributed by atoms with van der Waals surface area (Å²) in [6.07, 6.45) is 0.690. The molecular weight excluding hydrogens is 216 g/mol. The van der Waals surface area contributed by atoms with E-state index in [1.807, 2.05) is 13.8 Å². The van der Waals surface area contributed by atoms with Gasteiger partial charge in [-0.25, -0.2) is 0 Å². The third-order valence-corrected chi connectivity index (χ3v) is 3.15. The SMILES string of the molecule is CCC(C)(CN)C(=O)Nc1cccc(CO)c1. The van der Waals surface area contributed by atoms with Gasteiger partial charge in [0.25, 0.3) is 0 Å². The largest absolute Gasteiger partial charge is 0.392 e. The fourth-order valence-electron chi connectivity index (χ4n) is 1.43. The molecule has 4 heteroatoms. The highest BCUT2D eigenvalue weighted by Crippen LogP contribution is 2.22. The van der Waals surface area contributed by atoms with E-state index in [0.29, 0.717) is 18.7 Å². The molecule has 1 aromatic rings. The Bertz CT molecular complexity index is 387. The number of carbonyl (C=O) groups excluding carboxylic acids is 1. The maximum atomic E-state index is 12.0. The molecule has 1 rings (SSSR count). The van der Waals surface area contributed by atoms with E-state index in [9.17, 15) is 4.79 Å². The van der Waals surface area contributed by atoms with Gasteiger partial charge in [-0.05, 0) is 31.0 Å². The summed E-state index contributed by atoms with van der Waals surface area (Å²) in [5, 5.41) is 11.8. The quantitative estimate of drug-likeness (QED) is 0.725. The van der Waals surface area contributed by atoms with E-state index in [4.69, 9.17) is 10.8 Å². The Labute approximate surface area is 102 Å². The van der Waals surface area contributed by atoms with Crippen LogP contribution in [0.5, 0.6) is 0 Å². The molecule has 0 aliphatic rings. The Balaban J connectivity index is 2.80. The number of benzene rings is 1. The first-order valence-electron chi connectivity index (χ1n) is 5.77. The summed E-state index contributed by atoms with van der Waals surface area (Å²) < 4.78 is 0. The highest BCUT2D eigenvalue weighted by Gasteiger charge is 2.29. The van der Waals surface area contributed by atoms with Crippen molar-refractivity contribution in [1.29, 1.82) is 0 Å². The van der Waals surface area contributed by atoms with Crippen LogP contribution in [-0.4, -0.2) is 17.6 Å². The zero-order valence-electron chi connectivity index (χ0n) is 10.4. The lowest BCUT2D eigenvalue weighted by Crippen LogP contribution is -2.39. The van der Waals surface area contributed by atoms with Crippen LogP contribution in [0.3, 0.4) is 0 Å². The number of rotatable bonds is 5. The van der Waals surface area contributed by atoms with Gasteiger partial charge in [-0.1, -0.05) is 19.1 Å². The molecule has 0 saturated heterocycles. The molecule has 0 spiro atoms. The molecule has 17 heavy (non-hydrogen) atoms. The van der Waals surface area contributed by atoms with Gasteiger partial charge >= 0.3 is 0 Å². The highest BCUT2D eigenvalue weighted by molar-refractivity contribution is 5.95. The third-order valence-electron chi connectivity index (χ3n) is 3.15. The zero-order chi connectivity index (χ0) is 12.9. The molecule has 1 unspecified atom stereocenters. The minimum Gasteiger partial charge on any atom is -0.392 e. The summed E-state index contributed by atoms with van der Waals surface area (Å²) in [4.78, 5) is 12.0. The molecule has 0 aliphatic carbocycles. The molecule has 1 aromatic carbocycles. The second kappa shape index (κ2) is 5.80. The van der Waals surface area contributed by atoms with E-state index in [-0.39, 0.29) is 12.5 Å². The number of carbonyl (C=O) groups is 1. The van der Waals surface area contributed by atoms with Gasteiger partial charge in [0, 0.05) is 12.2 Å². The lowest BCUT2D eigenvalue weighted by Gasteiger charge is -2.25. The van der Waals surface area contributed by atoms with E-state index >= 15 is 0 Å². The van der Waals surface area contributed by atoms with Crippen LogP contribution in [-0.2, 0) is 11.4 Å². The Hall–Kier alpha value is -1.39. The number of nitrogens with one attached hydrogen (secondary N) is 1. The molecule has 1 atom stereocenters. The lowest BCUT2D eigenvalue weighted by atomic mass is 9.86.